The van der Waals surface area contributed by atoms with Crippen LogP contribution in [0.5, 0.6) is 0 Å². The molecule has 1 aromatic heterocycles. The minimum atomic E-state index is 0.531. The van der Waals surface area contributed by atoms with Gasteiger partial charge in [-0.2, -0.15) is 0 Å². The molecule has 0 unspecified atom stereocenters. The van der Waals surface area contributed by atoms with E-state index in [1.807, 2.05) is 19.1 Å². The summed E-state index contributed by atoms with van der Waals surface area (Å²) in [7, 11) is 0. The van der Waals surface area contributed by atoms with Crippen LogP contribution in [0, 0.1) is 11.6 Å². The first kappa shape index (κ1) is 13.1. The van der Waals surface area contributed by atoms with E-state index in [4.69, 9.17) is 35.4 Å². The lowest BCUT2D eigenvalue weighted by atomic mass is 10.1. The molecule has 3 rings (SSSR count). The summed E-state index contributed by atoms with van der Waals surface area (Å²) in [6.07, 6.45) is 2.37. The second kappa shape index (κ2) is 4.89. The summed E-state index contributed by atoms with van der Waals surface area (Å²) in [6.45, 7) is 1.97. The summed E-state index contributed by atoms with van der Waals surface area (Å²) in [6, 6.07) is 5.60. The highest BCUT2D eigenvalue weighted by Crippen LogP contribution is 2.39. The molecule has 0 amide bonds. The number of nitrogens with zero attached hydrogens (tertiary/aromatic N) is 1. The fraction of sp³-hybridized carbons (Fsp3) is 0.286. The van der Waals surface area contributed by atoms with Crippen molar-refractivity contribution in [2.45, 2.75) is 25.7 Å². The van der Waals surface area contributed by atoms with Crippen molar-refractivity contribution in [1.29, 1.82) is 0 Å². The molecule has 1 aliphatic rings. The average Bonchev–Trinajstić information content (AvgIpc) is 3.20. The van der Waals surface area contributed by atoms with Crippen LogP contribution in [0.1, 0.15) is 30.1 Å². The highest BCUT2D eigenvalue weighted by Gasteiger charge is 2.26. The van der Waals surface area contributed by atoms with Gasteiger partial charge in [0.1, 0.15) is 10.5 Å². The van der Waals surface area contributed by atoms with Crippen molar-refractivity contribution in [2.24, 2.45) is 0 Å². The van der Waals surface area contributed by atoms with Gasteiger partial charge in [-0.15, -0.1) is 0 Å². The molecule has 0 atom stereocenters. The fourth-order valence-corrected chi connectivity index (χ4v) is 2.54. The van der Waals surface area contributed by atoms with Crippen LogP contribution in [-0.2, 0) is 0 Å². The summed E-state index contributed by atoms with van der Waals surface area (Å²) < 4.78 is 0.654. The van der Waals surface area contributed by atoms with Crippen molar-refractivity contribution < 1.29 is 0 Å². The van der Waals surface area contributed by atoms with Gasteiger partial charge in [0, 0.05) is 11.5 Å². The molecule has 0 radical (unpaired) electrons. The second-order valence-corrected chi connectivity index (χ2v) is 6.03. The van der Waals surface area contributed by atoms with Gasteiger partial charge in [0.05, 0.1) is 15.7 Å². The van der Waals surface area contributed by atoms with Crippen LogP contribution in [0.2, 0.25) is 10.0 Å². The Kier molecular flexibility index (Phi) is 3.37. The third-order valence-electron chi connectivity index (χ3n) is 3.34. The van der Waals surface area contributed by atoms with Crippen molar-refractivity contribution in [3.05, 3.63) is 44.3 Å². The number of rotatable bonds is 2. The molecule has 1 aromatic carbocycles. The number of halogens is 2. The van der Waals surface area contributed by atoms with Crippen molar-refractivity contribution in [3.8, 4) is 11.3 Å². The molecule has 19 heavy (non-hydrogen) atoms. The van der Waals surface area contributed by atoms with Crippen molar-refractivity contribution >= 4 is 35.4 Å². The van der Waals surface area contributed by atoms with Crippen LogP contribution < -0.4 is 0 Å². The third-order valence-corrected chi connectivity index (χ3v) is 4.48. The van der Waals surface area contributed by atoms with E-state index in [0.717, 1.165) is 22.6 Å². The average molecular weight is 311 g/mol. The minimum absolute atomic E-state index is 0.531. The predicted octanol–water partition coefficient (Wildman–Crippen LogP) is 5.30. The van der Waals surface area contributed by atoms with Gasteiger partial charge >= 0.3 is 0 Å². The highest BCUT2D eigenvalue weighted by molar-refractivity contribution is 7.71. The Hall–Kier alpha value is -0.900. The second-order valence-electron chi connectivity index (χ2n) is 4.83. The molecule has 1 fully saturated rings. The summed E-state index contributed by atoms with van der Waals surface area (Å²) in [4.78, 5) is 7.86. The first-order valence-electron chi connectivity index (χ1n) is 6.12. The zero-order valence-corrected chi connectivity index (χ0v) is 12.7. The Morgan fingerprint density at radius 1 is 1.26 bits per heavy atom. The van der Waals surface area contributed by atoms with Gasteiger partial charge < -0.3 is 4.98 Å². The molecule has 0 aliphatic heterocycles. The molecule has 2 aromatic rings. The van der Waals surface area contributed by atoms with Gasteiger partial charge in [0.25, 0.3) is 0 Å². The molecule has 1 aliphatic carbocycles. The van der Waals surface area contributed by atoms with Crippen molar-refractivity contribution in [1.82, 2.24) is 9.97 Å². The number of hydrogen-bond donors (Lipinski definition) is 1. The SMILES string of the molecule is Cc1c(-c2ccc(Cl)c(Cl)c2)[nH]c(C2CC2)nc1=S. The summed E-state index contributed by atoms with van der Waals surface area (Å²) in [5.74, 6) is 1.51. The summed E-state index contributed by atoms with van der Waals surface area (Å²) in [5.41, 5.74) is 2.94. The van der Waals surface area contributed by atoms with Gasteiger partial charge in [0.2, 0.25) is 0 Å². The Labute approximate surface area is 126 Å². The van der Waals surface area contributed by atoms with Crippen LogP contribution in [0.25, 0.3) is 11.3 Å². The van der Waals surface area contributed by atoms with E-state index in [1.165, 1.54) is 12.8 Å². The normalized spacial score (nSPS) is 14.7. The Morgan fingerprint density at radius 3 is 2.63 bits per heavy atom. The molecule has 0 spiro atoms. The molecule has 1 heterocycles. The molecular formula is C14H12Cl2N2S. The number of aromatic amines is 1. The first-order chi connectivity index (χ1) is 9.06. The van der Waals surface area contributed by atoms with Crippen LogP contribution in [0.15, 0.2) is 18.2 Å². The van der Waals surface area contributed by atoms with E-state index in [-0.39, 0.29) is 0 Å². The van der Waals surface area contributed by atoms with Crippen LogP contribution in [0.4, 0.5) is 0 Å². The van der Waals surface area contributed by atoms with Crippen LogP contribution in [0.3, 0.4) is 0 Å². The zero-order chi connectivity index (χ0) is 13.6. The molecule has 1 saturated carbocycles. The smallest absolute Gasteiger partial charge is 0.133 e. The van der Waals surface area contributed by atoms with Gasteiger partial charge in [0.15, 0.2) is 0 Å². The highest BCUT2D eigenvalue weighted by atomic mass is 35.5. The maximum Gasteiger partial charge on any atom is 0.133 e. The molecule has 0 bridgehead atoms. The Bertz CT molecular complexity index is 705. The van der Waals surface area contributed by atoms with E-state index in [9.17, 15) is 0 Å². The minimum Gasteiger partial charge on any atom is -0.343 e. The van der Waals surface area contributed by atoms with E-state index < -0.39 is 0 Å². The van der Waals surface area contributed by atoms with Gasteiger partial charge in [-0.25, -0.2) is 4.98 Å². The molecule has 0 saturated heterocycles. The number of aromatic nitrogens is 2. The summed E-state index contributed by atoms with van der Waals surface area (Å²) in [5, 5.41) is 1.10. The lowest BCUT2D eigenvalue weighted by Crippen LogP contribution is -1.99. The summed E-state index contributed by atoms with van der Waals surface area (Å²) >= 11 is 17.4. The number of hydrogen-bond acceptors (Lipinski definition) is 2. The van der Waals surface area contributed by atoms with Crippen molar-refractivity contribution in [3.63, 3.8) is 0 Å². The molecular weight excluding hydrogens is 299 g/mol. The van der Waals surface area contributed by atoms with E-state index >= 15 is 0 Å². The first-order valence-corrected chi connectivity index (χ1v) is 7.29. The van der Waals surface area contributed by atoms with Gasteiger partial charge in [-0.3, -0.25) is 0 Å². The third kappa shape index (κ3) is 2.55. The Balaban J connectivity index is 2.17. The van der Waals surface area contributed by atoms with E-state index in [0.29, 0.717) is 20.6 Å². The zero-order valence-electron chi connectivity index (χ0n) is 10.3. The molecule has 2 nitrogen and oxygen atoms in total. The maximum atomic E-state index is 6.08. The van der Waals surface area contributed by atoms with Gasteiger partial charge in [-0.05, 0) is 37.5 Å². The lowest BCUT2D eigenvalue weighted by Gasteiger charge is -2.10. The standard InChI is InChI=1S/C14H12Cl2N2S/c1-7-12(9-4-5-10(15)11(16)6-9)17-13(8-2-3-8)18-14(7)19/h4-6,8H,2-3H2,1H3,(H,17,18,19). The monoisotopic (exact) mass is 310 g/mol. The quantitative estimate of drug-likeness (QED) is 0.763. The maximum absolute atomic E-state index is 6.08. The largest absolute Gasteiger partial charge is 0.343 e. The van der Waals surface area contributed by atoms with Crippen molar-refractivity contribution in [2.75, 3.05) is 0 Å². The number of H-pyrrole nitrogens is 1. The predicted molar refractivity (Wildman–Crippen MR) is 81.6 cm³/mol. The topological polar surface area (TPSA) is 28.7 Å². The fourth-order valence-electron chi connectivity index (χ4n) is 2.04. The van der Waals surface area contributed by atoms with Crippen LogP contribution in [-0.4, -0.2) is 9.97 Å². The van der Waals surface area contributed by atoms with Gasteiger partial charge in [-0.1, -0.05) is 41.5 Å². The number of benzene rings is 1. The molecule has 98 valence electrons. The lowest BCUT2D eigenvalue weighted by molar-refractivity contribution is 0.914. The van der Waals surface area contributed by atoms with E-state index in [2.05, 4.69) is 9.97 Å². The van der Waals surface area contributed by atoms with E-state index in [1.54, 1.807) is 6.07 Å². The number of nitrogens with one attached hydrogen (secondary N) is 1. The van der Waals surface area contributed by atoms with Crippen LogP contribution >= 0.6 is 35.4 Å². The molecule has 5 heteroatoms. The Morgan fingerprint density at radius 2 is 2.00 bits per heavy atom. The molecule has 1 N–H and O–H groups in total.